The average molecular weight is 384 g/mol. The topological polar surface area (TPSA) is 86.2 Å². The van der Waals surface area contributed by atoms with Gasteiger partial charge in [-0.3, -0.25) is 4.79 Å². The number of carbonyl (C=O) groups excluding carboxylic acids is 1. The Morgan fingerprint density at radius 2 is 1.89 bits per heavy atom. The SMILES string of the molecule is CC1=Nc2nc(-c3ccc(Cl)cc3)nn2C(c2ccccc2F)C1C(N)=O. The van der Waals surface area contributed by atoms with E-state index in [0.29, 0.717) is 28.1 Å². The number of fused-ring (bicyclic) bond motifs is 1. The number of hydrogen-bond acceptors (Lipinski definition) is 4. The summed E-state index contributed by atoms with van der Waals surface area (Å²) in [5.74, 6) is -1.17. The summed E-state index contributed by atoms with van der Waals surface area (Å²) in [5, 5.41) is 5.09. The van der Waals surface area contributed by atoms with Gasteiger partial charge in [0.15, 0.2) is 5.82 Å². The monoisotopic (exact) mass is 383 g/mol. The number of nitrogens with zero attached hydrogens (tertiary/aromatic N) is 4. The van der Waals surface area contributed by atoms with Gasteiger partial charge in [-0.2, -0.15) is 4.98 Å². The third kappa shape index (κ3) is 3.00. The summed E-state index contributed by atoms with van der Waals surface area (Å²) in [5.41, 5.74) is 7.12. The zero-order valence-electron chi connectivity index (χ0n) is 14.3. The molecular weight excluding hydrogens is 369 g/mol. The highest BCUT2D eigenvalue weighted by Crippen LogP contribution is 2.37. The zero-order valence-corrected chi connectivity index (χ0v) is 15.1. The van der Waals surface area contributed by atoms with Gasteiger partial charge in [0.1, 0.15) is 17.8 Å². The van der Waals surface area contributed by atoms with Crippen LogP contribution in [0.3, 0.4) is 0 Å². The maximum Gasteiger partial charge on any atom is 0.248 e. The molecular formula is C19H15ClFN5O. The van der Waals surface area contributed by atoms with Crippen molar-refractivity contribution in [1.29, 1.82) is 0 Å². The molecule has 6 nitrogen and oxygen atoms in total. The first kappa shape index (κ1) is 17.4. The third-order valence-electron chi connectivity index (χ3n) is 4.55. The lowest BCUT2D eigenvalue weighted by molar-refractivity contribution is -0.120. The number of hydrogen-bond donors (Lipinski definition) is 1. The second-order valence-corrected chi connectivity index (χ2v) is 6.72. The van der Waals surface area contributed by atoms with E-state index in [1.54, 1.807) is 49.4 Å². The summed E-state index contributed by atoms with van der Waals surface area (Å²) in [6, 6.07) is 12.5. The molecule has 0 spiro atoms. The van der Waals surface area contributed by atoms with Gasteiger partial charge < -0.3 is 5.73 Å². The smallest absolute Gasteiger partial charge is 0.248 e. The molecule has 1 aliphatic heterocycles. The van der Waals surface area contributed by atoms with Crippen LogP contribution in [0, 0.1) is 11.7 Å². The van der Waals surface area contributed by atoms with Crippen molar-refractivity contribution in [2.45, 2.75) is 13.0 Å². The lowest BCUT2D eigenvalue weighted by atomic mass is 9.87. The van der Waals surface area contributed by atoms with E-state index < -0.39 is 23.7 Å². The van der Waals surface area contributed by atoms with Crippen molar-refractivity contribution in [3.05, 3.63) is 64.9 Å². The normalized spacial score (nSPS) is 18.7. The van der Waals surface area contributed by atoms with Crippen molar-refractivity contribution in [3.8, 4) is 11.4 Å². The van der Waals surface area contributed by atoms with E-state index in [1.165, 1.54) is 10.7 Å². The van der Waals surface area contributed by atoms with E-state index in [1.807, 2.05) is 0 Å². The van der Waals surface area contributed by atoms with Crippen LogP contribution in [0.4, 0.5) is 10.3 Å². The second kappa shape index (κ2) is 6.59. The summed E-state index contributed by atoms with van der Waals surface area (Å²) in [6.45, 7) is 1.68. The minimum atomic E-state index is -0.825. The first-order valence-electron chi connectivity index (χ1n) is 8.27. The van der Waals surface area contributed by atoms with Gasteiger partial charge >= 0.3 is 0 Å². The molecule has 2 N–H and O–H groups in total. The highest BCUT2D eigenvalue weighted by molar-refractivity contribution is 6.30. The Morgan fingerprint density at radius 1 is 1.19 bits per heavy atom. The van der Waals surface area contributed by atoms with Crippen molar-refractivity contribution >= 4 is 29.2 Å². The minimum absolute atomic E-state index is 0.295. The van der Waals surface area contributed by atoms with Crippen LogP contribution in [0.15, 0.2) is 53.5 Å². The lowest BCUT2D eigenvalue weighted by Crippen LogP contribution is -2.39. The Kier molecular flexibility index (Phi) is 4.24. The lowest BCUT2D eigenvalue weighted by Gasteiger charge is -2.29. The number of halogens is 2. The first-order chi connectivity index (χ1) is 13.0. The van der Waals surface area contributed by atoms with Crippen LogP contribution in [0.2, 0.25) is 5.02 Å². The highest BCUT2D eigenvalue weighted by atomic mass is 35.5. The molecule has 4 rings (SSSR count). The summed E-state index contributed by atoms with van der Waals surface area (Å²) >= 11 is 5.93. The summed E-state index contributed by atoms with van der Waals surface area (Å²) < 4.78 is 16.0. The van der Waals surface area contributed by atoms with Crippen LogP contribution in [-0.2, 0) is 4.79 Å². The van der Waals surface area contributed by atoms with Crippen LogP contribution in [-0.4, -0.2) is 26.4 Å². The van der Waals surface area contributed by atoms with Gasteiger partial charge in [-0.15, -0.1) is 5.10 Å². The third-order valence-corrected chi connectivity index (χ3v) is 4.80. The Hall–Kier alpha value is -3.06. The van der Waals surface area contributed by atoms with Crippen molar-refractivity contribution < 1.29 is 9.18 Å². The molecule has 2 heterocycles. The molecule has 1 aliphatic rings. The van der Waals surface area contributed by atoms with Gasteiger partial charge in [0, 0.05) is 21.9 Å². The van der Waals surface area contributed by atoms with Crippen LogP contribution in [0.5, 0.6) is 0 Å². The van der Waals surface area contributed by atoms with Crippen molar-refractivity contribution in [2.24, 2.45) is 16.6 Å². The zero-order chi connectivity index (χ0) is 19.1. The van der Waals surface area contributed by atoms with Crippen LogP contribution in [0.1, 0.15) is 18.5 Å². The minimum Gasteiger partial charge on any atom is -0.369 e. The van der Waals surface area contributed by atoms with Crippen molar-refractivity contribution in [2.75, 3.05) is 0 Å². The number of amides is 1. The Bertz CT molecular complexity index is 1060. The quantitative estimate of drug-likeness (QED) is 0.750. The van der Waals surface area contributed by atoms with E-state index in [0.717, 1.165) is 5.56 Å². The average Bonchev–Trinajstić information content (AvgIpc) is 3.05. The van der Waals surface area contributed by atoms with E-state index in [-0.39, 0.29) is 0 Å². The van der Waals surface area contributed by atoms with E-state index >= 15 is 0 Å². The molecule has 27 heavy (non-hydrogen) atoms. The first-order valence-corrected chi connectivity index (χ1v) is 8.65. The largest absolute Gasteiger partial charge is 0.369 e. The Balaban J connectivity index is 1.90. The molecule has 8 heteroatoms. The number of aromatic nitrogens is 3. The van der Waals surface area contributed by atoms with Crippen LogP contribution in [0.25, 0.3) is 11.4 Å². The van der Waals surface area contributed by atoms with Gasteiger partial charge in [0.25, 0.3) is 0 Å². The molecule has 136 valence electrons. The number of rotatable bonds is 3. The van der Waals surface area contributed by atoms with Gasteiger partial charge in [-0.25, -0.2) is 14.1 Å². The predicted molar refractivity (Wildman–Crippen MR) is 100 cm³/mol. The molecule has 2 atom stereocenters. The fourth-order valence-electron chi connectivity index (χ4n) is 3.28. The predicted octanol–water partition coefficient (Wildman–Crippen LogP) is 3.53. The fourth-order valence-corrected chi connectivity index (χ4v) is 3.41. The molecule has 1 aromatic heterocycles. The molecule has 1 amide bonds. The standard InChI is InChI=1S/C19H15ClFN5O/c1-10-15(17(22)27)16(13-4-2-3-5-14(13)21)26-19(23-10)24-18(25-26)11-6-8-12(20)9-7-11/h2-9,15-16H,1H3,(H2,22,27). The summed E-state index contributed by atoms with van der Waals surface area (Å²) in [7, 11) is 0. The number of nitrogens with two attached hydrogens (primary N) is 1. The highest BCUT2D eigenvalue weighted by Gasteiger charge is 2.39. The second-order valence-electron chi connectivity index (χ2n) is 6.29. The molecule has 0 radical (unpaired) electrons. The van der Waals surface area contributed by atoms with Gasteiger partial charge in [0.2, 0.25) is 11.9 Å². The van der Waals surface area contributed by atoms with Crippen molar-refractivity contribution in [3.63, 3.8) is 0 Å². The van der Waals surface area contributed by atoms with Crippen LogP contribution >= 0.6 is 11.6 Å². The van der Waals surface area contributed by atoms with Crippen molar-refractivity contribution in [1.82, 2.24) is 14.8 Å². The molecule has 0 aliphatic carbocycles. The molecule has 0 bridgehead atoms. The molecule has 0 saturated carbocycles. The molecule has 0 saturated heterocycles. The van der Waals surface area contributed by atoms with E-state index in [2.05, 4.69) is 15.1 Å². The van der Waals surface area contributed by atoms with Gasteiger partial charge in [-0.1, -0.05) is 29.8 Å². The van der Waals surface area contributed by atoms with E-state index in [4.69, 9.17) is 17.3 Å². The molecule has 2 unspecified atom stereocenters. The number of carbonyl (C=O) groups is 1. The number of aliphatic imine (C=N–C) groups is 1. The molecule has 2 aromatic carbocycles. The number of primary amides is 1. The maximum absolute atomic E-state index is 14.5. The van der Waals surface area contributed by atoms with E-state index in [9.17, 15) is 9.18 Å². The molecule has 3 aromatic rings. The Labute approximate surface area is 159 Å². The molecule has 0 fully saturated rings. The van der Waals surface area contributed by atoms with Gasteiger partial charge in [0.05, 0.1) is 0 Å². The maximum atomic E-state index is 14.5. The number of benzene rings is 2. The summed E-state index contributed by atoms with van der Waals surface area (Å²) in [6.07, 6.45) is 0. The summed E-state index contributed by atoms with van der Waals surface area (Å²) in [4.78, 5) is 20.9. The fraction of sp³-hybridized carbons (Fsp3) is 0.158. The van der Waals surface area contributed by atoms with Crippen LogP contribution < -0.4 is 5.73 Å². The van der Waals surface area contributed by atoms with Gasteiger partial charge in [-0.05, 0) is 37.3 Å². The Morgan fingerprint density at radius 3 is 2.56 bits per heavy atom.